The molecule has 0 unspecified atom stereocenters. The van der Waals surface area contributed by atoms with Gasteiger partial charge in [0.2, 0.25) is 5.89 Å². The minimum Gasteiger partial charge on any atom is -0.383 e. The van der Waals surface area contributed by atoms with E-state index in [2.05, 4.69) is 15.1 Å². The van der Waals surface area contributed by atoms with Gasteiger partial charge in [-0.3, -0.25) is 14.3 Å². The van der Waals surface area contributed by atoms with E-state index in [1.54, 1.807) is 18.9 Å². The Hall–Kier alpha value is -3.36. The highest BCUT2D eigenvalue weighted by atomic mass is 16.5. The van der Waals surface area contributed by atoms with Crippen LogP contribution in [0.25, 0.3) is 0 Å². The molecular formula is C16H18N6O3. The fraction of sp³-hybridized carbons (Fsp3) is 0.250. The number of aryl methyl sites for hydroxylation is 1. The van der Waals surface area contributed by atoms with Gasteiger partial charge in [-0.25, -0.2) is 4.79 Å². The van der Waals surface area contributed by atoms with Gasteiger partial charge in [0.15, 0.2) is 5.82 Å². The number of rotatable bonds is 5. The van der Waals surface area contributed by atoms with Gasteiger partial charge < -0.3 is 15.2 Å². The number of anilines is 2. The Morgan fingerprint density at radius 1 is 1.28 bits per heavy atom. The van der Waals surface area contributed by atoms with Gasteiger partial charge in [-0.15, -0.1) is 0 Å². The van der Waals surface area contributed by atoms with Gasteiger partial charge in [0.05, 0.1) is 13.1 Å². The molecule has 0 fully saturated rings. The number of nitrogen functional groups attached to an aromatic ring is 1. The van der Waals surface area contributed by atoms with Crippen molar-refractivity contribution in [1.29, 1.82) is 0 Å². The lowest BCUT2D eigenvalue weighted by molar-refractivity contribution is 0.374. The number of aromatic amines is 1. The Balaban J connectivity index is 1.97. The average Bonchev–Trinajstić information content (AvgIpc) is 2.97. The minimum absolute atomic E-state index is 0.0799. The maximum absolute atomic E-state index is 12.2. The highest BCUT2D eigenvalue weighted by Gasteiger charge is 2.18. The molecular weight excluding hydrogens is 324 g/mol. The van der Waals surface area contributed by atoms with Crippen molar-refractivity contribution in [3.8, 4) is 0 Å². The summed E-state index contributed by atoms with van der Waals surface area (Å²) >= 11 is 0. The van der Waals surface area contributed by atoms with E-state index in [9.17, 15) is 9.59 Å². The molecule has 0 saturated heterocycles. The molecule has 0 atom stereocenters. The van der Waals surface area contributed by atoms with Crippen LogP contribution in [-0.4, -0.2) is 26.7 Å². The zero-order valence-electron chi connectivity index (χ0n) is 13.9. The van der Waals surface area contributed by atoms with E-state index in [4.69, 9.17) is 10.3 Å². The molecule has 3 aromatic rings. The standard InChI is InChI=1S/C16H18N6O3/c1-10-18-12(25-20-10)9-21(2)13-14(17)22(16(24)19-15(13)23)8-11-6-4-3-5-7-11/h3-7H,8-9,17H2,1-2H3,(H,19,23,24). The first-order valence-electron chi connectivity index (χ1n) is 7.62. The van der Waals surface area contributed by atoms with Crippen molar-refractivity contribution in [2.75, 3.05) is 17.7 Å². The smallest absolute Gasteiger partial charge is 0.330 e. The lowest BCUT2D eigenvalue weighted by atomic mass is 10.2. The Morgan fingerprint density at radius 2 is 2.00 bits per heavy atom. The van der Waals surface area contributed by atoms with Crippen LogP contribution in [0.4, 0.5) is 11.5 Å². The molecule has 2 aromatic heterocycles. The van der Waals surface area contributed by atoms with Crippen LogP contribution >= 0.6 is 0 Å². The van der Waals surface area contributed by atoms with Crippen molar-refractivity contribution in [3.63, 3.8) is 0 Å². The Morgan fingerprint density at radius 3 is 2.64 bits per heavy atom. The largest absolute Gasteiger partial charge is 0.383 e. The molecule has 0 aliphatic carbocycles. The van der Waals surface area contributed by atoms with E-state index in [1.165, 1.54) is 4.57 Å². The fourth-order valence-electron chi connectivity index (χ4n) is 2.56. The lowest BCUT2D eigenvalue weighted by Crippen LogP contribution is -2.37. The molecule has 0 radical (unpaired) electrons. The first kappa shape index (κ1) is 16.5. The summed E-state index contributed by atoms with van der Waals surface area (Å²) in [6.45, 7) is 2.15. The maximum atomic E-state index is 12.2. The zero-order valence-corrected chi connectivity index (χ0v) is 13.9. The Kier molecular flexibility index (Phi) is 4.38. The van der Waals surface area contributed by atoms with E-state index in [1.807, 2.05) is 30.3 Å². The second-order valence-electron chi connectivity index (χ2n) is 5.66. The van der Waals surface area contributed by atoms with Crippen LogP contribution in [0.1, 0.15) is 17.3 Å². The van der Waals surface area contributed by atoms with E-state index < -0.39 is 11.2 Å². The summed E-state index contributed by atoms with van der Waals surface area (Å²) in [5.74, 6) is 0.926. The number of nitrogens with zero attached hydrogens (tertiary/aromatic N) is 4. The predicted octanol–water partition coefficient (Wildman–Crippen LogP) is 0.495. The van der Waals surface area contributed by atoms with Gasteiger partial charge in [0.1, 0.15) is 11.5 Å². The Labute approximate surface area is 142 Å². The molecule has 0 amide bonds. The van der Waals surface area contributed by atoms with Crippen LogP contribution in [0.15, 0.2) is 44.4 Å². The summed E-state index contributed by atoms with van der Waals surface area (Å²) in [6, 6.07) is 9.37. The summed E-state index contributed by atoms with van der Waals surface area (Å²) in [5, 5.41) is 3.71. The zero-order chi connectivity index (χ0) is 18.0. The van der Waals surface area contributed by atoms with Crippen LogP contribution in [-0.2, 0) is 13.1 Å². The van der Waals surface area contributed by atoms with Gasteiger partial charge in [0.25, 0.3) is 5.56 Å². The van der Waals surface area contributed by atoms with Crippen molar-refractivity contribution in [2.45, 2.75) is 20.0 Å². The molecule has 0 saturated carbocycles. The topological polar surface area (TPSA) is 123 Å². The molecule has 9 nitrogen and oxygen atoms in total. The second kappa shape index (κ2) is 6.63. The summed E-state index contributed by atoms with van der Waals surface area (Å²) in [5.41, 5.74) is 6.07. The van der Waals surface area contributed by atoms with Crippen LogP contribution in [0.3, 0.4) is 0 Å². The third-order valence-electron chi connectivity index (χ3n) is 3.72. The molecule has 2 heterocycles. The lowest BCUT2D eigenvalue weighted by Gasteiger charge is -2.20. The molecule has 0 bridgehead atoms. The summed E-state index contributed by atoms with van der Waals surface area (Å²) in [4.78, 5) is 32.4. The van der Waals surface area contributed by atoms with E-state index >= 15 is 0 Å². The van der Waals surface area contributed by atoms with Gasteiger partial charge in [-0.2, -0.15) is 4.98 Å². The highest BCUT2D eigenvalue weighted by molar-refractivity contribution is 5.62. The average molecular weight is 342 g/mol. The van der Waals surface area contributed by atoms with Crippen molar-refractivity contribution >= 4 is 11.5 Å². The first-order chi connectivity index (χ1) is 12.0. The van der Waals surface area contributed by atoms with Crippen molar-refractivity contribution in [2.24, 2.45) is 0 Å². The molecule has 25 heavy (non-hydrogen) atoms. The van der Waals surface area contributed by atoms with Gasteiger partial charge >= 0.3 is 5.69 Å². The van der Waals surface area contributed by atoms with Gasteiger partial charge in [0, 0.05) is 7.05 Å². The van der Waals surface area contributed by atoms with E-state index in [0.717, 1.165) is 5.56 Å². The minimum atomic E-state index is -0.564. The number of nitrogens with two attached hydrogens (primary N) is 1. The van der Waals surface area contributed by atoms with Crippen LogP contribution in [0.5, 0.6) is 0 Å². The molecule has 0 aliphatic heterocycles. The fourth-order valence-corrected chi connectivity index (χ4v) is 2.56. The third kappa shape index (κ3) is 3.44. The van der Waals surface area contributed by atoms with Crippen LogP contribution in [0.2, 0.25) is 0 Å². The van der Waals surface area contributed by atoms with Crippen LogP contribution < -0.4 is 21.9 Å². The maximum Gasteiger partial charge on any atom is 0.330 e. The van der Waals surface area contributed by atoms with Gasteiger partial charge in [-0.1, -0.05) is 35.5 Å². The molecule has 3 rings (SSSR count). The summed E-state index contributed by atoms with van der Waals surface area (Å²) in [6.07, 6.45) is 0. The van der Waals surface area contributed by atoms with Crippen molar-refractivity contribution in [1.82, 2.24) is 19.7 Å². The molecule has 1 aromatic carbocycles. The number of aromatic nitrogens is 4. The third-order valence-corrected chi connectivity index (χ3v) is 3.72. The Bertz CT molecular complexity index is 989. The molecule has 0 aliphatic rings. The number of H-pyrrole nitrogens is 1. The number of nitrogens with one attached hydrogen (secondary N) is 1. The van der Waals surface area contributed by atoms with E-state index in [-0.39, 0.29) is 24.6 Å². The predicted molar refractivity (Wildman–Crippen MR) is 92.4 cm³/mol. The molecule has 130 valence electrons. The van der Waals surface area contributed by atoms with Crippen LogP contribution in [0, 0.1) is 6.92 Å². The van der Waals surface area contributed by atoms with Crippen molar-refractivity contribution < 1.29 is 4.52 Å². The number of hydrogen-bond acceptors (Lipinski definition) is 7. The van der Waals surface area contributed by atoms with Crippen molar-refractivity contribution in [3.05, 3.63) is 68.4 Å². The molecule has 0 spiro atoms. The van der Waals surface area contributed by atoms with Gasteiger partial charge in [-0.05, 0) is 12.5 Å². The summed E-state index contributed by atoms with van der Waals surface area (Å²) in [7, 11) is 1.66. The van der Waals surface area contributed by atoms with E-state index in [0.29, 0.717) is 11.7 Å². The normalized spacial score (nSPS) is 10.8. The number of hydrogen-bond donors (Lipinski definition) is 2. The number of benzene rings is 1. The monoisotopic (exact) mass is 342 g/mol. The summed E-state index contributed by atoms with van der Waals surface area (Å²) < 4.78 is 6.38. The SMILES string of the molecule is Cc1noc(CN(C)c2c(N)n(Cc3ccccc3)c(=O)[nH]c2=O)n1. The molecule has 9 heteroatoms. The highest BCUT2D eigenvalue weighted by Crippen LogP contribution is 2.18. The second-order valence-corrected chi connectivity index (χ2v) is 5.66. The first-order valence-corrected chi connectivity index (χ1v) is 7.62. The quantitative estimate of drug-likeness (QED) is 0.692. The molecule has 3 N–H and O–H groups in total.